The van der Waals surface area contributed by atoms with Crippen LogP contribution in [0.2, 0.25) is 0 Å². The smallest absolute Gasteiger partial charge is 0.329 e. The zero-order valence-corrected chi connectivity index (χ0v) is 22.0. The van der Waals surface area contributed by atoms with Crippen LogP contribution in [0.5, 0.6) is 11.5 Å². The first kappa shape index (κ1) is 27.4. The molecule has 3 N–H and O–H groups in total. The molecule has 0 aliphatic rings. The number of carbonyl (C=O) groups excluding carboxylic acids is 3. The Kier molecular flexibility index (Phi) is 10.2. The van der Waals surface area contributed by atoms with E-state index in [0.717, 1.165) is 16.5 Å². The van der Waals surface area contributed by atoms with E-state index in [1.54, 1.807) is 54.6 Å². The van der Waals surface area contributed by atoms with Gasteiger partial charge in [0.05, 0.1) is 12.8 Å². The molecule has 0 saturated heterocycles. The predicted octanol–water partition coefficient (Wildman–Crippen LogP) is 4.65. The summed E-state index contributed by atoms with van der Waals surface area (Å²) in [6.45, 7) is 4.33. The fraction of sp³-hybridized carbons (Fsp3) is 0.185. The zero-order valence-electron chi connectivity index (χ0n) is 20.4. The number of halogens is 1. The lowest BCUT2D eigenvalue weighted by Crippen LogP contribution is -2.32. The Bertz CT molecular complexity index is 1260. The molecule has 0 aliphatic carbocycles. The molecule has 0 fully saturated rings. The van der Waals surface area contributed by atoms with Crippen molar-refractivity contribution in [2.75, 3.05) is 23.8 Å². The van der Waals surface area contributed by atoms with E-state index >= 15 is 0 Å². The number of amides is 3. The van der Waals surface area contributed by atoms with Gasteiger partial charge in [-0.15, -0.1) is 0 Å². The number of carbonyl (C=O) groups is 3. The molecule has 3 aromatic rings. The highest BCUT2D eigenvalue weighted by Crippen LogP contribution is 2.22. The summed E-state index contributed by atoms with van der Waals surface area (Å²) in [5.41, 5.74) is 4.87. The second kappa shape index (κ2) is 13.8. The largest absolute Gasteiger partial charge is 0.494 e. The number of nitrogens with zero attached hydrogens (tertiary/aromatic N) is 1. The van der Waals surface area contributed by atoms with E-state index in [0.29, 0.717) is 35.0 Å². The summed E-state index contributed by atoms with van der Waals surface area (Å²) < 4.78 is 11.9. The van der Waals surface area contributed by atoms with E-state index in [2.05, 4.69) is 37.1 Å². The number of hydrogen-bond acceptors (Lipinski definition) is 6. The molecular formula is C27H27BrN4O5. The maximum Gasteiger partial charge on any atom is 0.329 e. The number of hydrazone groups is 1. The van der Waals surface area contributed by atoms with Crippen LogP contribution < -0.4 is 25.5 Å². The van der Waals surface area contributed by atoms with Crippen LogP contribution in [-0.2, 0) is 14.4 Å². The van der Waals surface area contributed by atoms with Crippen molar-refractivity contribution in [3.63, 3.8) is 0 Å². The molecule has 0 aliphatic heterocycles. The van der Waals surface area contributed by atoms with E-state index in [1.807, 2.05) is 26.0 Å². The molecule has 0 unspecified atom stereocenters. The number of nitrogens with one attached hydrogen (secondary N) is 3. The monoisotopic (exact) mass is 566 g/mol. The molecule has 0 aromatic heterocycles. The van der Waals surface area contributed by atoms with Gasteiger partial charge in [0, 0.05) is 21.4 Å². The van der Waals surface area contributed by atoms with Gasteiger partial charge in [-0.1, -0.05) is 40.5 Å². The molecular weight excluding hydrogens is 540 g/mol. The van der Waals surface area contributed by atoms with Crippen LogP contribution in [0.25, 0.3) is 0 Å². The van der Waals surface area contributed by atoms with Crippen LogP contribution >= 0.6 is 15.9 Å². The lowest BCUT2D eigenvalue weighted by molar-refractivity contribution is -0.136. The number of benzene rings is 3. The summed E-state index contributed by atoms with van der Waals surface area (Å²) in [7, 11) is 0. The van der Waals surface area contributed by atoms with Crippen molar-refractivity contribution >= 4 is 51.2 Å². The minimum atomic E-state index is -0.947. The van der Waals surface area contributed by atoms with Crippen molar-refractivity contribution in [2.45, 2.75) is 20.3 Å². The van der Waals surface area contributed by atoms with Gasteiger partial charge < -0.3 is 20.1 Å². The van der Waals surface area contributed by atoms with Gasteiger partial charge in [-0.3, -0.25) is 14.4 Å². The summed E-state index contributed by atoms with van der Waals surface area (Å²) in [6.07, 6.45) is 2.21. The lowest BCUT2D eigenvalue weighted by atomic mass is 10.2. The summed E-state index contributed by atoms with van der Waals surface area (Å²) in [5.74, 6) is -1.11. The summed E-state index contributed by atoms with van der Waals surface area (Å²) in [4.78, 5) is 36.6. The molecule has 0 saturated carbocycles. The standard InChI is InChI=1S/C27H27BrN4O5/c1-3-14-36-23-11-9-22(10-12-23)31-26(34)27(35)32-29-16-19-15-20(28)6-13-24(19)37-17-25(33)30-21-7-4-18(2)5-8-21/h4-13,15-16H,3,14,17H2,1-2H3,(H,30,33)(H,31,34)(H,32,35)/b29-16-. The Morgan fingerprint density at radius 2 is 1.57 bits per heavy atom. The molecule has 0 spiro atoms. The molecule has 3 rings (SSSR count). The molecule has 192 valence electrons. The van der Waals surface area contributed by atoms with Crippen LogP contribution in [0.15, 0.2) is 76.3 Å². The molecule has 0 radical (unpaired) electrons. The minimum absolute atomic E-state index is 0.229. The highest BCUT2D eigenvalue weighted by molar-refractivity contribution is 9.10. The van der Waals surface area contributed by atoms with E-state index in [1.165, 1.54) is 6.21 Å². The third-order valence-corrected chi connectivity index (χ3v) is 5.32. The fourth-order valence-electron chi connectivity index (χ4n) is 2.98. The van der Waals surface area contributed by atoms with Gasteiger partial charge in [-0.05, 0) is 67.9 Å². The first-order valence-corrected chi connectivity index (χ1v) is 12.3. The second-order valence-corrected chi connectivity index (χ2v) is 8.83. The lowest BCUT2D eigenvalue weighted by Gasteiger charge is -2.10. The highest BCUT2D eigenvalue weighted by atomic mass is 79.9. The van der Waals surface area contributed by atoms with E-state index in [9.17, 15) is 14.4 Å². The number of ether oxygens (including phenoxy) is 2. The van der Waals surface area contributed by atoms with Gasteiger partial charge in [0.2, 0.25) is 0 Å². The van der Waals surface area contributed by atoms with Crippen molar-refractivity contribution in [3.8, 4) is 11.5 Å². The normalized spacial score (nSPS) is 10.6. The average molecular weight is 567 g/mol. The molecule has 37 heavy (non-hydrogen) atoms. The highest BCUT2D eigenvalue weighted by Gasteiger charge is 2.13. The Labute approximate surface area is 223 Å². The Morgan fingerprint density at radius 1 is 0.892 bits per heavy atom. The molecule has 3 amide bonds. The molecule has 3 aromatic carbocycles. The van der Waals surface area contributed by atoms with Crippen LogP contribution in [0.1, 0.15) is 24.5 Å². The van der Waals surface area contributed by atoms with Crippen LogP contribution in [-0.4, -0.2) is 37.1 Å². The van der Waals surface area contributed by atoms with Crippen LogP contribution in [0, 0.1) is 6.92 Å². The topological polar surface area (TPSA) is 118 Å². The Hall–Kier alpha value is -4.18. The van der Waals surface area contributed by atoms with Gasteiger partial charge in [0.25, 0.3) is 5.91 Å². The van der Waals surface area contributed by atoms with Crippen molar-refractivity contribution < 1.29 is 23.9 Å². The van der Waals surface area contributed by atoms with Gasteiger partial charge in [0.15, 0.2) is 6.61 Å². The van der Waals surface area contributed by atoms with Gasteiger partial charge in [-0.25, -0.2) is 5.43 Å². The number of aryl methyl sites for hydroxylation is 1. The van der Waals surface area contributed by atoms with E-state index in [4.69, 9.17) is 9.47 Å². The molecule has 9 nitrogen and oxygen atoms in total. The van der Waals surface area contributed by atoms with Crippen molar-refractivity contribution in [3.05, 3.63) is 82.3 Å². The van der Waals surface area contributed by atoms with Crippen LogP contribution in [0.4, 0.5) is 11.4 Å². The maximum atomic E-state index is 12.3. The zero-order chi connectivity index (χ0) is 26.6. The minimum Gasteiger partial charge on any atom is -0.494 e. The fourth-order valence-corrected chi connectivity index (χ4v) is 3.36. The van der Waals surface area contributed by atoms with Gasteiger partial charge >= 0.3 is 11.8 Å². The second-order valence-electron chi connectivity index (χ2n) is 7.91. The summed E-state index contributed by atoms with van der Waals surface area (Å²) >= 11 is 3.37. The quantitative estimate of drug-likeness (QED) is 0.187. The SMILES string of the molecule is CCCOc1ccc(NC(=O)C(=O)N/N=C\c2cc(Br)ccc2OCC(=O)Nc2ccc(C)cc2)cc1. The van der Waals surface area contributed by atoms with Crippen molar-refractivity contribution in [2.24, 2.45) is 5.10 Å². The summed E-state index contributed by atoms with van der Waals surface area (Å²) in [5, 5.41) is 9.10. The predicted molar refractivity (Wildman–Crippen MR) is 146 cm³/mol. The first-order chi connectivity index (χ1) is 17.8. The Balaban J connectivity index is 1.53. The van der Waals surface area contributed by atoms with Crippen molar-refractivity contribution in [1.82, 2.24) is 5.43 Å². The number of anilines is 2. The molecule has 10 heteroatoms. The van der Waals surface area contributed by atoms with E-state index in [-0.39, 0.29) is 12.5 Å². The third-order valence-electron chi connectivity index (χ3n) is 4.83. The van der Waals surface area contributed by atoms with Gasteiger partial charge in [-0.2, -0.15) is 5.10 Å². The van der Waals surface area contributed by atoms with Crippen LogP contribution in [0.3, 0.4) is 0 Å². The van der Waals surface area contributed by atoms with E-state index < -0.39 is 11.8 Å². The molecule has 0 atom stereocenters. The van der Waals surface area contributed by atoms with Crippen molar-refractivity contribution in [1.29, 1.82) is 0 Å². The number of hydrogen-bond donors (Lipinski definition) is 3. The average Bonchev–Trinajstić information content (AvgIpc) is 2.89. The summed E-state index contributed by atoms with van der Waals surface area (Å²) in [6, 6.07) is 19.2. The third kappa shape index (κ3) is 9.08. The Morgan fingerprint density at radius 3 is 2.27 bits per heavy atom. The first-order valence-electron chi connectivity index (χ1n) is 11.5. The number of rotatable bonds is 10. The van der Waals surface area contributed by atoms with Gasteiger partial charge in [0.1, 0.15) is 11.5 Å². The molecule has 0 heterocycles. The maximum absolute atomic E-state index is 12.3. The molecule has 0 bridgehead atoms.